The number of anilines is 1. The summed E-state index contributed by atoms with van der Waals surface area (Å²) in [4.78, 5) is 28.3. The van der Waals surface area contributed by atoms with Gasteiger partial charge >= 0.3 is 0 Å². The van der Waals surface area contributed by atoms with Gasteiger partial charge in [0.1, 0.15) is 0 Å². The first-order valence-electron chi connectivity index (χ1n) is 12.1. The van der Waals surface area contributed by atoms with Gasteiger partial charge in [-0.25, -0.2) is 8.42 Å². The van der Waals surface area contributed by atoms with Crippen LogP contribution in [0, 0.1) is 12.8 Å². The van der Waals surface area contributed by atoms with E-state index in [2.05, 4.69) is 5.32 Å². The fourth-order valence-electron chi connectivity index (χ4n) is 4.68. The Labute approximate surface area is 202 Å². The molecule has 2 amide bonds. The number of hydrogen-bond acceptors (Lipinski definition) is 4. The van der Waals surface area contributed by atoms with Crippen molar-refractivity contribution in [3.63, 3.8) is 0 Å². The molecule has 2 heterocycles. The molecule has 0 saturated carbocycles. The van der Waals surface area contributed by atoms with Crippen LogP contribution in [0.15, 0.2) is 53.4 Å². The average molecular weight is 484 g/mol. The van der Waals surface area contributed by atoms with E-state index in [4.69, 9.17) is 0 Å². The van der Waals surface area contributed by atoms with E-state index in [9.17, 15) is 18.0 Å². The lowest BCUT2D eigenvalue weighted by molar-refractivity contribution is -0.120. The highest BCUT2D eigenvalue weighted by Crippen LogP contribution is 2.26. The number of nitrogens with one attached hydrogen (secondary N) is 1. The first kappa shape index (κ1) is 24.4. The molecule has 182 valence electrons. The molecular weight excluding hydrogens is 450 g/mol. The molecule has 0 unspecified atom stereocenters. The van der Waals surface area contributed by atoms with Crippen molar-refractivity contribution < 1.29 is 18.0 Å². The highest BCUT2D eigenvalue weighted by atomic mass is 32.2. The van der Waals surface area contributed by atoms with Crippen molar-refractivity contribution in [2.75, 3.05) is 31.5 Å². The van der Waals surface area contributed by atoms with Crippen molar-refractivity contribution in [1.29, 1.82) is 0 Å². The van der Waals surface area contributed by atoms with Crippen molar-refractivity contribution in [1.82, 2.24) is 9.21 Å². The number of likely N-dealkylation sites (tertiary alicyclic amines) is 1. The Morgan fingerprint density at radius 3 is 2.12 bits per heavy atom. The second-order valence-electron chi connectivity index (χ2n) is 9.23. The lowest BCUT2D eigenvalue weighted by atomic mass is 9.97. The molecule has 0 atom stereocenters. The number of benzene rings is 2. The van der Waals surface area contributed by atoms with Gasteiger partial charge in [-0.05, 0) is 56.9 Å². The molecule has 7 nitrogen and oxygen atoms in total. The number of sulfonamides is 1. The summed E-state index contributed by atoms with van der Waals surface area (Å²) in [5, 5.41) is 2.95. The Morgan fingerprint density at radius 2 is 1.47 bits per heavy atom. The van der Waals surface area contributed by atoms with Crippen molar-refractivity contribution in [3.8, 4) is 0 Å². The van der Waals surface area contributed by atoms with Gasteiger partial charge in [0.05, 0.1) is 16.1 Å². The standard InChI is InChI=1S/C26H33N3O4S/c1-20-10-12-22(13-11-20)34(32,33)29-18-14-21(15-19-29)25(30)27-24-9-5-4-8-23(24)26(31)28-16-6-2-3-7-17-28/h4-5,8-13,21H,2-3,6-7,14-19H2,1H3,(H,27,30). The molecule has 2 fully saturated rings. The van der Waals surface area contributed by atoms with Crippen LogP contribution in [0.3, 0.4) is 0 Å². The summed E-state index contributed by atoms with van der Waals surface area (Å²) in [6, 6.07) is 14.0. The van der Waals surface area contributed by atoms with Crippen molar-refractivity contribution in [3.05, 3.63) is 59.7 Å². The maximum atomic E-state index is 13.1. The molecule has 2 aromatic rings. The topological polar surface area (TPSA) is 86.8 Å². The van der Waals surface area contributed by atoms with Crippen molar-refractivity contribution >= 4 is 27.5 Å². The van der Waals surface area contributed by atoms with Crippen LogP contribution >= 0.6 is 0 Å². The van der Waals surface area contributed by atoms with Gasteiger partial charge in [0, 0.05) is 32.1 Å². The van der Waals surface area contributed by atoms with E-state index in [1.54, 1.807) is 36.4 Å². The maximum Gasteiger partial charge on any atom is 0.255 e. The molecule has 2 aliphatic heterocycles. The summed E-state index contributed by atoms with van der Waals surface area (Å²) in [5.41, 5.74) is 2.04. The van der Waals surface area contributed by atoms with Crippen LogP contribution in [-0.2, 0) is 14.8 Å². The molecule has 0 spiro atoms. The van der Waals surface area contributed by atoms with Crippen LogP contribution in [-0.4, -0.2) is 55.6 Å². The number of hydrogen-bond donors (Lipinski definition) is 1. The molecular formula is C26H33N3O4S. The minimum atomic E-state index is -3.57. The summed E-state index contributed by atoms with van der Waals surface area (Å²) in [6.07, 6.45) is 5.17. The Balaban J connectivity index is 1.39. The minimum Gasteiger partial charge on any atom is -0.339 e. The Bertz CT molecular complexity index is 1110. The van der Waals surface area contributed by atoms with Crippen LogP contribution in [0.1, 0.15) is 54.4 Å². The highest BCUT2D eigenvalue weighted by Gasteiger charge is 2.32. The summed E-state index contributed by atoms with van der Waals surface area (Å²) in [6.45, 7) is 4.00. The lowest BCUT2D eigenvalue weighted by Gasteiger charge is -2.30. The predicted octanol–water partition coefficient (Wildman–Crippen LogP) is 4.05. The van der Waals surface area contributed by atoms with Gasteiger partial charge in [0.2, 0.25) is 15.9 Å². The number of carbonyl (C=O) groups excluding carboxylic acids is 2. The van der Waals surface area contributed by atoms with Crippen molar-refractivity contribution in [2.24, 2.45) is 5.92 Å². The fraction of sp³-hybridized carbons (Fsp3) is 0.462. The minimum absolute atomic E-state index is 0.0446. The number of rotatable bonds is 5. The third kappa shape index (κ3) is 5.50. The number of carbonyl (C=O) groups is 2. The number of nitrogens with zero attached hydrogens (tertiary/aromatic N) is 2. The molecule has 34 heavy (non-hydrogen) atoms. The first-order chi connectivity index (χ1) is 16.4. The van der Waals surface area contributed by atoms with E-state index in [1.165, 1.54) is 4.31 Å². The molecule has 8 heteroatoms. The number of para-hydroxylation sites is 1. The number of amides is 2. The molecule has 0 aromatic heterocycles. The third-order valence-corrected chi connectivity index (χ3v) is 8.70. The number of aryl methyl sites for hydroxylation is 1. The molecule has 2 aliphatic rings. The van der Waals surface area contributed by atoms with Crippen LogP contribution in [0.4, 0.5) is 5.69 Å². The second kappa shape index (κ2) is 10.7. The molecule has 0 bridgehead atoms. The van der Waals surface area contributed by atoms with Crippen molar-refractivity contribution in [2.45, 2.75) is 50.3 Å². The van der Waals surface area contributed by atoms with E-state index in [0.29, 0.717) is 37.2 Å². The monoisotopic (exact) mass is 483 g/mol. The van der Waals surface area contributed by atoms with Gasteiger partial charge in [0.15, 0.2) is 0 Å². The molecule has 0 aliphatic carbocycles. The van der Waals surface area contributed by atoms with Gasteiger partial charge in [-0.1, -0.05) is 42.7 Å². The highest BCUT2D eigenvalue weighted by molar-refractivity contribution is 7.89. The zero-order chi connectivity index (χ0) is 24.1. The first-order valence-corrected chi connectivity index (χ1v) is 13.6. The zero-order valence-corrected chi connectivity index (χ0v) is 20.5. The Morgan fingerprint density at radius 1 is 0.853 bits per heavy atom. The fourth-order valence-corrected chi connectivity index (χ4v) is 6.14. The Kier molecular flexibility index (Phi) is 7.68. The molecule has 1 N–H and O–H groups in total. The molecule has 2 aromatic carbocycles. The summed E-state index contributed by atoms with van der Waals surface area (Å²) >= 11 is 0. The smallest absolute Gasteiger partial charge is 0.255 e. The van der Waals surface area contributed by atoms with E-state index < -0.39 is 10.0 Å². The Hall–Kier alpha value is -2.71. The van der Waals surface area contributed by atoms with E-state index in [0.717, 1.165) is 44.3 Å². The van der Waals surface area contributed by atoms with Crippen LogP contribution in [0.25, 0.3) is 0 Å². The molecule has 2 saturated heterocycles. The average Bonchev–Trinajstić information content (AvgIpc) is 3.14. The van der Waals surface area contributed by atoms with Gasteiger partial charge in [-0.15, -0.1) is 0 Å². The van der Waals surface area contributed by atoms with Gasteiger partial charge in [-0.2, -0.15) is 4.31 Å². The SMILES string of the molecule is Cc1ccc(S(=O)(=O)N2CCC(C(=O)Nc3ccccc3C(=O)N3CCCCCC3)CC2)cc1. The van der Waals surface area contributed by atoms with Gasteiger partial charge < -0.3 is 10.2 Å². The molecule has 4 rings (SSSR count). The largest absolute Gasteiger partial charge is 0.339 e. The maximum absolute atomic E-state index is 13.1. The summed E-state index contributed by atoms with van der Waals surface area (Å²) in [7, 11) is -3.57. The van der Waals surface area contributed by atoms with E-state index in [1.807, 2.05) is 24.0 Å². The number of piperidine rings is 1. The van der Waals surface area contributed by atoms with E-state index in [-0.39, 0.29) is 22.6 Å². The van der Waals surface area contributed by atoms with Crippen LogP contribution < -0.4 is 5.32 Å². The molecule has 0 radical (unpaired) electrons. The second-order valence-corrected chi connectivity index (χ2v) is 11.2. The predicted molar refractivity (Wildman–Crippen MR) is 132 cm³/mol. The normalized spacial score (nSPS) is 18.3. The summed E-state index contributed by atoms with van der Waals surface area (Å²) in [5.74, 6) is -0.508. The zero-order valence-electron chi connectivity index (χ0n) is 19.7. The quantitative estimate of drug-likeness (QED) is 0.695. The third-order valence-electron chi connectivity index (χ3n) is 6.79. The van der Waals surface area contributed by atoms with Gasteiger partial charge in [0.25, 0.3) is 5.91 Å². The lowest BCUT2D eigenvalue weighted by Crippen LogP contribution is -2.41. The van der Waals surface area contributed by atoms with Crippen LogP contribution in [0.5, 0.6) is 0 Å². The van der Waals surface area contributed by atoms with E-state index >= 15 is 0 Å². The summed E-state index contributed by atoms with van der Waals surface area (Å²) < 4.78 is 27.3. The van der Waals surface area contributed by atoms with Gasteiger partial charge in [-0.3, -0.25) is 9.59 Å². The van der Waals surface area contributed by atoms with Crippen LogP contribution in [0.2, 0.25) is 0 Å².